The lowest BCUT2D eigenvalue weighted by atomic mass is 10.2. The van der Waals surface area contributed by atoms with Crippen LogP contribution in [0.3, 0.4) is 0 Å². The molecule has 7 heteroatoms. The third-order valence-electron chi connectivity index (χ3n) is 4.29. The molecule has 2 N–H and O–H groups in total. The molecular weight excluding hydrogens is 330 g/mol. The molecule has 26 heavy (non-hydrogen) atoms. The maximum absolute atomic E-state index is 12.2. The molecule has 1 aliphatic rings. The molecule has 7 nitrogen and oxygen atoms in total. The van der Waals surface area contributed by atoms with Crippen LogP contribution in [-0.2, 0) is 16.0 Å². The van der Waals surface area contributed by atoms with E-state index >= 15 is 0 Å². The van der Waals surface area contributed by atoms with Crippen LogP contribution < -0.4 is 10.6 Å². The quantitative estimate of drug-likeness (QED) is 0.350. The van der Waals surface area contributed by atoms with Gasteiger partial charge in [-0.25, -0.2) is 0 Å². The fraction of sp³-hybridized carbons (Fsp3) is 0.632. The van der Waals surface area contributed by atoms with E-state index in [-0.39, 0.29) is 12.5 Å². The summed E-state index contributed by atoms with van der Waals surface area (Å²) in [4.78, 5) is 22.3. The van der Waals surface area contributed by atoms with Crippen molar-refractivity contribution in [1.29, 1.82) is 0 Å². The van der Waals surface area contributed by atoms with Crippen molar-refractivity contribution in [2.45, 2.75) is 25.7 Å². The van der Waals surface area contributed by atoms with Crippen LogP contribution in [0.2, 0.25) is 0 Å². The molecule has 0 atom stereocenters. The van der Waals surface area contributed by atoms with Gasteiger partial charge in [-0.15, -0.1) is 0 Å². The van der Waals surface area contributed by atoms with Gasteiger partial charge in [-0.3, -0.25) is 14.8 Å². The van der Waals surface area contributed by atoms with Gasteiger partial charge in [0.15, 0.2) is 5.96 Å². The monoisotopic (exact) mass is 361 g/mol. The van der Waals surface area contributed by atoms with Crippen LogP contribution in [0, 0.1) is 5.92 Å². The van der Waals surface area contributed by atoms with Gasteiger partial charge in [0.1, 0.15) is 0 Å². The fourth-order valence-electron chi connectivity index (χ4n) is 2.38. The van der Waals surface area contributed by atoms with E-state index < -0.39 is 0 Å². The Balaban J connectivity index is 1.54. The maximum atomic E-state index is 12.2. The molecule has 0 saturated heterocycles. The zero-order valence-corrected chi connectivity index (χ0v) is 15.9. The van der Waals surface area contributed by atoms with Gasteiger partial charge in [0, 0.05) is 58.7 Å². The van der Waals surface area contributed by atoms with Gasteiger partial charge in [0.2, 0.25) is 5.91 Å². The topological polar surface area (TPSA) is 78.9 Å². The molecule has 0 aromatic carbocycles. The van der Waals surface area contributed by atoms with Crippen molar-refractivity contribution in [1.82, 2.24) is 20.5 Å². The van der Waals surface area contributed by atoms with Crippen LogP contribution >= 0.6 is 0 Å². The molecule has 1 fully saturated rings. The van der Waals surface area contributed by atoms with Gasteiger partial charge in [0.25, 0.3) is 0 Å². The summed E-state index contributed by atoms with van der Waals surface area (Å²) in [7, 11) is 3.51. The van der Waals surface area contributed by atoms with Crippen LogP contribution in [0.15, 0.2) is 29.4 Å². The van der Waals surface area contributed by atoms with Crippen LogP contribution in [0.4, 0.5) is 0 Å². The Hall–Kier alpha value is -2.15. The van der Waals surface area contributed by atoms with Crippen molar-refractivity contribution in [3.63, 3.8) is 0 Å². The number of hydrogen-bond donors (Lipinski definition) is 2. The molecule has 1 aliphatic carbocycles. The summed E-state index contributed by atoms with van der Waals surface area (Å²) >= 11 is 0. The number of carbonyl (C=O) groups is 1. The number of hydrogen-bond acceptors (Lipinski definition) is 4. The second kappa shape index (κ2) is 11.5. The number of aromatic nitrogens is 1. The van der Waals surface area contributed by atoms with Crippen LogP contribution in [-0.4, -0.2) is 68.7 Å². The molecule has 0 spiro atoms. The third kappa shape index (κ3) is 8.29. The lowest BCUT2D eigenvalue weighted by molar-refractivity contribution is -0.128. The van der Waals surface area contributed by atoms with E-state index in [9.17, 15) is 4.79 Å². The summed E-state index contributed by atoms with van der Waals surface area (Å²) in [5, 5.41) is 6.26. The molecule has 1 heterocycles. The lowest BCUT2D eigenvalue weighted by Crippen LogP contribution is -2.44. The van der Waals surface area contributed by atoms with Crippen LogP contribution in [0.5, 0.6) is 0 Å². The normalized spacial score (nSPS) is 14.2. The van der Waals surface area contributed by atoms with Gasteiger partial charge in [-0.2, -0.15) is 0 Å². The number of aliphatic imine (C=N–C) groups is 1. The average molecular weight is 361 g/mol. The fourth-order valence-corrected chi connectivity index (χ4v) is 2.38. The molecule has 0 radical (unpaired) electrons. The number of carbonyl (C=O) groups excluding carboxylic acids is 1. The third-order valence-corrected chi connectivity index (χ3v) is 4.29. The maximum Gasteiger partial charge on any atom is 0.241 e. The summed E-state index contributed by atoms with van der Waals surface area (Å²) in [5.74, 6) is 1.47. The Morgan fingerprint density at radius 3 is 2.92 bits per heavy atom. The van der Waals surface area contributed by atoms with Gasteiger partial charge in [-0.05, 0) is 37.3 Å². The number of likely N-dealkylation sites (N-methyl/N-ethyl adjacent to an activating group) is 1. The molecule has 1 saturated carbocycles. The van der Waals surface area contributed by atoms with E-state index in [0.29, 0.717) is 12.5 Å². The van der Waals surface area contributed by atoms with Crippen molar-refractivity contribution in [3.05, 3.63) is 30.1 Å². The van der Waals surface area contributed by atoms with E-state index in [1.807, 2.05) is 18.2 Å². The van der Waals surface area contributed by atoms with E-state index in [0.717, 1.165) is 44.2 Å². The number of rotatable bonds is 11. The minimum atomic E-state index is 0.0247. The Labute approximate surface area is 156 Å². The predicted octanol–water partition coefficient (Wildman–Crippen LogP) is 1.06. The standard InChI is InChI=1S/C19H31N5O2/c1-20-19(22-11-5-13-26-15-16-7-8-16)23-14-18(25)24(2)12-9-17-6-3-4-10-21-17/h3-4,6,10,16H,5,7-9,11-15H2,1-2H3,(H2,20,22,23). The van der Waals surface area contributed by atoms with Gasteiger partial charge in [0.05, 0.1) is 6.54 Å². The largest absolute Gasteiger partial charge is 0.381 e. The van der Waals surface area contributed by atoms with Crippen LogP contribution in [0.1, 0.15) is 25.0 Å². The zero-order valence-electron chi connectivity index (χ0n) is 15.9. The van der Waals surface area contributed by atoms with Crippen molar-refractivity contribution in [2.75, 3.05) is 46.9 Å². The molecule has 1 aromatic heterocycles. The first-order valence-electron chi connectivity index (χ1n) is 9.35. The van der Waals surface area contributed by atoms with Crippen molar-refractivity contribution >= 4 is 11.9 Å². The molecule has 2 rings (SSSR count). The molecule has 1 aromatic rings. The summed E-state index contributed by atoms with van der Waals surface area (Å²) in [5.41, 5.74) is 0.987. The predicted molar refractivity (Wildman–Crippen MR) is 103 cm³/mol. The first-order chi connectivity index (χ1) is 12.7. The first-order valence-corrected chi connectivity index (χ1v) is 9.35. The minimum absolute atomic E-state index is 0.0247. The van der Waals surface area contributed by atoms with Crippen molar-refractivity contribution in [3.8, 4) is 0 Å². The highest BCUT2D eigenvalue weighted by Crippen LogP contribution is 2.28. The number of nitrogens with zero attached hydrogens (tertiary/aromatic N) is 3. The summed E-state index contributed by atoms with van der Waals surface area (Å²) in [6.07, 6.45) is 6.08. The molecular formula is C19H31N5O2. The Kier molecular flexibility index (Phi) is 8.89. The number of guanidine groups is 1. The Morgan fingerprint density at radius 1 is 1.38 bits per heavy atom. The summed E-state index contributed by atoms with van der Waals surface area (Å²) < 4.78 is 5.60. The Morgan fingerprint density at radius 2 is 2.23 bits per heavy atom. The van der Waals surface area contributed by atoms with E-state index in [1.54, 1.807) is 25.2 Å². The smallest absolute Gasteiger partial charge is 0.241 e. The number of nitrogens with one attached hydrogen (secondary N) is 2. The second-order valence-corrected chi connectivity index (χ2v) is 6.61. The van der Waals surface area contributed by atoms with E-state index in [4.69, 9.17) is 4.74 Å². The summed E-state index contributed by atoms with van der Waals surface area (Å²) in [6, 6.07) is 5.81. The molecule has 0 unspecified atom stereocenters. The highest BCUT2D eigenvalue weighted by Gasteiger charge is 2.20. The first kappa shape index (κ1) is 20.2. The van der Waals surface area contributed by atoms with Gasteiger partial charge in [-0.1, -0.05) is 6.07 Å². The summed E-state index contributed by atoms with van der Waals surface area (Å²) in [6.45, 7) is 3.29. The SMILES string of the molecule is CN=C(NCCCOCC1CC1)NCC(=O)N(C)CCc1ccccn1. The number of pyridine rings is 1. The molecule has 1 amide bonds. The molecule has 144 valence electrons. The zero-order chi connectivity index (χ0) is 18.6. The highest BCUT2D eigenvalue weighted by atomic mass is 16.5. The molecule has 0 aliphatic heterocycles. The highest BCUT2D eigenvalue weighted by molar-refractivity contribution is 5.86. The molecule has 0 bridgehead atoms. The average Bonchev–Trinajstić information content (AvgIpc) is 3.49. The Bertz CT molecular complexity index is 560. The van der Waals surface area contributed by atoms with Crippen molar-refractivity contribution in [2.24, 2.45) is 10.9 Å². The lowest BCUT2D eigenvalue weighted by Gasteiger charge is -2.18. The second-order valence-electron chi connectivity index (χ2n) is 6.61. The van der Waals surface area contributed by atoms with Crippen LogP contribution in [0.25, 0.3) is 0 Å². The minimum Gasteiger partial charge on any atom is -0.381 e. The van der Waals surface area contributed by atoms with E-state index in [1.165, 1.54) is 12.8 Å². The number of amides is 1. The van der Waals surface area contributed by atoms with E-state index in [2.05, 4.69) is 20.6 Å². The van der Waals surface area contributed by atoms with Gasteiger partial charge < -0.3 is 20.3 Å². The van der Waals surface area contributed by atoms with Crippen molar-refractivity contribution < 1.29 is 9.53 Å². The number of ether oxygens (including phenoxy) is 1. The van der Waals surface area contributed by atoms with Gasteiger partial charge >= 0.3 is 0 Å².